The quantitative estimate of drug-likeness (QED) is 0.782. The van der Waals surface area contributed by atoms with Crippen LogP contribution in [0.5, 0.6) is 0 Å². The van der Waals surface area contributed by atoms with Crippen LogP contribution >= 0.6 is 0 Å². The predicted octanol–water partition coefficient (Wildman–Crippen LogP) is 3.28. The van der Waals surface area contributed by atoms with Crippen LogP contribution in [0.15, 0.2) is 36.7 Å². The number of nitrogens with one attached hydrogen (secondary N) is 1. The first-order valence-corrected chi connectivity index (χ1v) is 10.4. The van der Waals surface area contributed by atoms with E-state index in [1.54, 1.807) is 0 Å². The summed E-state index contributed by atoms with van der Waals surface area (Å²) in [5.41, 5.74) is 6.06. The summed E-state index contributed by atoms with van der Waals surface area (Å²) < 4.78 is 0. The molecule has 4 rings (SSSR count). The third-order valence-electron chi connectivity index (χ3n) is 6.22. The minimum Gasteiger partial charge on any atom is -0.366 e. The van der Waals surface area contributed by atoms with Crippen LogP contribution in [0.2, 0.25) is 0 Å². The molecule has 0 bridgehead atoms. The van der Waals surface area contributed by atoms with E-state index in [2.05, 4.69) is 51.3 Å². The van der Waals surface area contributed by atoms with Gasteiger partial charge in [-0.05, 0) is 61.6 Å². The summed E-state index contributed by atoms with van der Waals surface area (Å²) >= 11 is 0. The maximum Gasteiger partial charge on any atom is 0.142 e. The number of aryl methyl sites for hydroxylation is 1. The second-order valence-electron chi connectivity index (χ2n) is 7.93. The number of pyridine rings is 1. The third kappa shape index (κ3) is 3.63. The Labute approximate surface area is 167 Å². The van der Waals surface area contributed by atoms with Crippen LogP contribution in [0.25, 0.3) is 11.1 Å². The molecule has 5 nitrogen and oxygen atoms in total. The van der Waals surface area contributed by atoms with Gasteiger partial charge in [-0.15, -0.1) is 0 Å². The first-order chi connectivity index (χ1) is 13.7. The van der Waals surface area contributed by atoms with Gasteiger partial charge in [-0.2, -0.15) is 0 Å². The molecule has 1 saturated heterocycles. The van der Waals surface area contributed by atoms with Crippen molar-refractivity contribution in [3.05, 3.63) is 42.2 Å². The van der Waals surface area contributed by atoms with Gasteiger partial charge in [-0.1, -0.05) is 13.0 Å². The second kappa shape index (κ2) is 8.31. The molecule has 2 unspecified atom stereocenters. The van der Waals surface area contributed by atoms with Crippen LogP contribution in [0.3, 0.4) is 0 Å². The smallest absolute Gasteiger partial charge is 0.142 e. The molecule has 1 aromatic heterocycles. The number of aldehydes is 1. The van der Waals surface area contributed by atoms with Crippen LogP contribution in [0.4, 0.5) is 11.4 Å². The zero-order valence-corrected chi connectivity index (χ0v) is 16.9. The van der Waals surface area contributed by atoms with Crippen molar-refractivity contribution < 1.29 is 4.79 Å². The van der Waals surface area contributed by atoms with Crippen molar-refractivity contribution in [3.8, 4) is 11.1 Å². The Balaban J connectivity index is 1.59. The number of benzene rings is 1. The molecule has 0 saturated carbocycles. The number of likely N-dealkylation sites (N-methyl/N-ethyl adjacent to an activating group) is 2. The molecule has 2 aliphatic heterocycles. The SMILES string of the molecule is CCNCC1CCCN1c1cncc(-c2ccc3c(c2)CCC(C=O)N3C)c1. The molecule has 0 amide bonds. The van der Waals surface area contributed by atoms with Crippen LogP contribution in [0.1, 0.15) is 31.7 Å². The summed E-state index contributed by atoms with van der Waals surface area (Å²) in [4.78, 5) is 20.4. The van der Waals surface area contributed by atoms with E-state index in [1.807, 2.05) is 19.4 Å². The summed E-state index contributed by atoms with van der Waals surface area (Å²) in [7, 11) is 2.01. The number of aromatic nitrogens is 1. The highest BCUT2D eigenvalue weighted by Gasteiger charge is 2.25. The molecule has 2 atom stereocenters. The number of fused-ring (bicyclic) bond motifs is 1. The average Bonchev–Trinajstić information content (AvgIpc) is 3.21. The molecular weight excluding hydrogens is 348 g/mol. The van der Waals surface area contributed by atoms with Crippen molar-refractivity contribution in [3.63, 3.8) is 0 Å². The Morgan fingerprint density at radius 1 is 1.21 bits per heavy atom. The van der Waals surface area contributed by atoms with Gasteiger partial charge in [0.2, 0.25) is 0 Å². The monoisotopic (exact) mass is 378 g/mol. The van der Waals surface area contributed by atoms with Gasteiger partial charge in [0.05, 0.1) is 17.9 Å². The third-order valence-corrected chi connectivity index (χ3v) is 6.22. The Kier molecular flexibility index (Phi) is 5.62. The van der Waals surface area contributed by atoms with Crippen molar-refractivity contribution in [2.24, 2.45) is 0 Å². The highest BCUT2D eigenvalue weighted by atomic mass is 16.1. The number of carbonyl (C=O) groups is 1. The molecule has 28 heavy (non-hydrogen) atoms. The minimum atomic E-state index is -0.00725. The van der Waals surface area contributed by atoms with Gasteiger partial charge in [0.1, 0.15) is 6.29 Å². The molecule has 0 spiro atoms. The highest BCUT2D eigenvalue weighted by molar-refractivity contribution is 5.75. The average molecular weight is 379 g/mol. The van der Waals surface area contributed by atoms with Gasteiger partial charge in [0, 0.05) is 43.6 Å². The zero-order chi connectivity index (χ0) is 19.5. The first kappa shape index (κ1) is 18.9. The lowest BCUT2D eigenvalue weighted by Crippen LogP contribution is -2.38. The molecule has 1 aromatic carbocycles. The summed E-state index contributed by atoms with van der Waals surface area (Å²) in [6.45, 7) is 5.30. The van der Waals surface area contributed by atoms with E-state index in [0.29, 0.717) is 6.04 Å². The summed E-state index contributed by atoms with van der Waals surface area (Å²) in [5, 5.41) is 3.49. The summed E-state index contributed by atoms with van der Waals surface area (Å²) in [5.74, 6) is 0. The Morgan fingerprint density at radius 2 is 2.11 bits per heavy atom. The van der Waals surface area contributed by atoms with E-state index >= 15 is 0 Å². The number of carbonyl (C=O) groups excluding carboxylic acids is 1. The maximum atomic E-state index is 11.3. The van der Waals surface area contributed by atoms with E-state index in [0.717, 1.165) is 44.3 Å². The van der Waals surface area contributed by atoms with E-state index in [4.69, 9.17) is 0 Å². The maximum absolute atomic E-state index is 11.3. The second-order valence-corrected chi connectivity index (χ2v) is 7.93. The molecule has 148 valence electrons. The molecule has 5 heteroatoms. The number of rotatable bonds is 6. The molecule has 2 aromatic rings. The fourth-order valence-corrected chi connectivity index (χ4v) is 4.59. The fraction of sp³-hybridized carbons (Fsp3) is 0.478. The number of hydrogen-bond donors (Lipinski definition) is 1. The van der Waals surface area contributed by atoms with Crippen molar-refractivity contribution in [1.82, 2.24) is 10.3 Å². The largest absolute Gasteiger partial charge is 0.366 e. The van der Waals surface area contributed by atoms with Gasteiger partial charge in [0.25, 0.3) is 0 Å². The number of hydrogen-bond acceptors (Lipinski definition) is 5. The van der Waals surface area contributed by atoms with Gasteiger partial charge in [0.15, 0.2) is 0 Å². The molecule has 1 N–H and O–H groups in total. The van der Waals surface area contributed by atoms with Crippen molar-refractivity contribution in [1.29, 1.82) is 0 Å². The van der Waals surface area contributed by atoms with E-state index in [-0.39, 0.29) is 6.04 Å². The molecule has 0 radical (unpaired) electrons. The van der Waals surface area contributed by atoms with Gasteiger partial charge >= 0.3 is 0 Å². The van der Waals surface area contributed by atoms with Gasteiger partial charge in [-0.3, -0.25) is 4.98 Å². The standard InChI is InChI=1S/C23H30N4O/c1-3-24-14-20-5-4-10-27(20)22-12-19(13-25-15-22)17-7-9-23-18(11-17)6-8-21(16-28)26(23)2/h7,9,11-13,15-16,20-21,24H,3-6,8,10,14H2,1-2H3. The number of anilines is 2. The number of nitrogens with zero attached hydrogens (tertiary/aromatic N) is 3. The zero-order valence-electron chi connectivity index (χ0n) is 16.9. The van der Waals surface area contributed by atoms with Gasteiger partial charge in [-0.25, -0.2) is 0 Å². The van der Waals surface area contributed by atoms with Crippen molar-refractivity contribution in [2.45, 2.75) is 44.7 Å². The summed E-state index contributed by atoms with van der Waals surface area (Å²) in [6, 6.07) is 9.40. The van der Waals surface area contributed by atoms with Crippen LogP contribution < -0.4 is 15.1 Å². The lowest BCUT2D eigenvalue weighted by molar-refractivity contribution is -0.109. The molecule has 1 fully saturated rings. The van der Waals surface area contributed by atoms with Gasteiger partial charge < -0.3 is 19.9 Å². The van der Waals surface area contributed by atoms with E-state index < -0.39 is 0 Å². The Hall–Kier alpha value is -2.40. The van der Waals surface area contributed by atoms with E-state index in [1.165, 1.54) is 35.3 Å². The predicted molar refractivity (Wildman–Crippen MR) is 115 cm³/mol. The molecular formula is C23H30N4O. The van der Waals surface area contributed by atoms with Crippen LogP contribution in [0, 0.1) is 0 Å². The molecule has 0 aliphatic carbocycles. The Bertz CT molecular complexity index is 837. The highest BCUT2D eigenvalue weighted by Crippen LogP contribution is 2.34. The lowest BCUT2D eigenvalue weighted by atomic mass is 9.93. The molecule has 3 heterocycles. The van der Waals surface area contributed by atoms with E-state index in [9.17, 15) is 4.79 Å². The van der Waals surface area contributed by atoms with Crippen molar-refractivity contribution >= 4 is 17.7 Å². The fourth-order valence-electron chi connectivity index (χ4n) is 4.59. The van der Waals surface area contributed by atoms with Crippen LogP contribution in [-0.2, 0) is 11.2 Å². The van der Waals surface area contributed by atoms with Crippen molar-refractivity contribution in [2.75, 3.05) is 36.5 Å². The Morgan fingerprint density at radius 3 is 2.93 bits per heavy atom. The van der Waals surface area contributed by atoms with Crippen LogP contribution in [-0.4, -0.2) is 50.0 Å². The first-order valence-electron chi connectivity index (χ1n) is 10.4. The minimum absolute atomic E-state index is 0.00725. The molecule has 2 aliphatic rings. The normalized spacial score (nSPS) is 21.6. The summed E-state index contributed by atoms with van der Waals surface area (Å²) in [6.07, 6.45) is 9.32. The topological polar surface area (TPSA) is 48.5 Å². The lowest BCUT2D eigenvalue weighted by Gasteiger charge is -2.33.